The third-order valence-corrected chi connectivity index (χ3v) is 2.07. The third-order valence-electron chi connectivity index (χ3n) is 2.07. The Morgan fingerprint density at radius 1 is 1.33 bits per heavy atom. The summed E-state index contributed by atoms with van der Waals surface area (Å²) in [6.45, 7) is 8.89. The smallest absolute Gasteiger partial charge is 0.0355 e. The largest absolute Gasteiger partial charge is 0.349 e. The Kier molecular flexibility index (Phi) is 2.61. The van der Waals surface area contributed by atoms with Crippen molar-refractivity contribution in [3.8, 4) is 0 Å². The molecule has 0 bridgehead atoms. The number of hydrogen-bond acceptors (Lipinski definition) is 0. The van der Waals surface area contributed by atoms with Crippen LogP contribution in [0.3, 0.4) is 0 Å². The summed E-state index contributed by atoms with van der Waals surface area (Å²) >= 11 is 0. The van der Waals surface area contributed by atoms with Gasteiger partial charge in [0, 0.05) is 17.9 Å². The minimum Gasteiger partial charge on any atom is -0.349 e. The van der Waals surface area contributed by atoms with E-state index in [4.69, 9.17) is 0 Å². The standard InChI is InChI=1S/C11H19N/c1-5-6-10-7-8-12(9-10)11(2,3)4/h7-9H,5-6H2,1-4H3. The lowest BCUT2D eigenvalue weighted by molar-refractivity contribution is 0.398. The van der Waals surface area contributed by atoms with Crippen molar-refractivity contribution in [2.24, 2.45) is 0 Å². The van der Waals surface area contributed by atoms with E-state index >= 15 is 0 Å². The Morgan fingerprint density at radius 3 is 2.42 bits per heavy atom. The molecule has 1 rings (SSSR count). The highest BCUT2D eigenvalue weighted by atomic mass is 15.0. The van der Waals surface area contributed by atoms with Crippen LogP contribution in [0.25, 0.3) is 0 Å². The highest BCUT2D eigenvalue weighted by molar-refractivity contribution is 5.11. The lowest BCUT2D eigenvalue weighted by Crippen LogP contribution is -2.19. The first kappa shape index (κ1) is 9.37. The van der Waals surface area contributed by atoms with Gasteiger partial charge in [-0.3, -0.25) is 0 Å². The second-order valence-corrected chi connectivity index (χ2v) is 4.35. The van der Waals surface area contributed by atoms with Crippen LogP contribution in [0.15, 0.2) is 18.5 Å². The fourth-order valence-electron chi connectivity index (χ4n) is 1.29. The molecule has 1 aromatic rings. The molecule has 0 unspecified atom stereocenters. The van der Waals surface area contributed by atoms with Gasteiger partial charge in [-0.15, -0.1) is 0 Å². The zero-order valence-electron chi connectivity index (χ0n) is 8.59. The van der Waals surface area contributed by atoms with Crippen molar-refractivity contribution < 1.29 is 0 Å². The third kappa shape index (κ3) is 2.13. The highest BCUT2D eigenvalue weighted by Gasteiger charge is 2.11. The fraction of sp³-hybridized carbons (Fsp3) is 0.636. The quantitative estimate of drug-likeness (QED) is 0.634. The Balaban J connectivity index is 2.77. The lowest BCUT2D eigenvalue weighted by Gasteiger charge is -2.20. The molecule has 0 amide bonds. The monoisotopic (exact) mass is 165 g/mol. The van der Waals surface area contributed by atoms with Crippen molar-refractivity contribution in [1.82, 2.24) is 4.57 Å². The molecule has 0 fully saturated rings. The van der Waals surface area contributed by atoms with E-state index in [9.17, 15) is 0 Å². The molecular formula is C11H19N. The van der Waals surface area contributed by atoms with E-state index in [0.29, 0.717) is 0 Å². The predicted molar refractivity (Wildman–Crippen MR) is 53.4 cm³/mol. The summed E-state index contributed by atoms with van der Waals surface area (Å²) in [5.74, 6) is 0. The molecule has 0 aromatic carbocycles. The van der Waals surface area contributed by atoms with Crippen molar-refractivity contribution in [1.29, 1.82) is 0 Å². The minimum atomic E-state index is 0.228. The van der Waals surface area contributed by atoms with E-state index in [2.05, 4.69) is 50.7 Å². The van der Waals surface area contributed by atoms with Crippen molar-refractivity contribution in [2.45, 2.75) is 46.1 Å². The molecular weight excluding hydrogens is 146 g/mol. The van der Waals surface area contributed by atoms with Gasteiger partial charge in [-0.2, -0.15) is 0 Å². The Bertz CT molecular complexity index is 240. The van der Waals surface area contributed by atoms with Crippen LogP contribution in [0.4, 0.5) is 0 Å². The maximum absolute atomic E-state index is 2.28. The molecule has 0 saturated heterocycles. The molecule has 0 aliphatic heterocycles. The molecule has 0 saturated carbocycles. The Morgan fingerprint density at radius 2 is 2.00 bits per heavy atom. The molecule has 12 heavy (non-hydrogen) atoms. The predicted octanol–water partition coefficient (Wildman–Crippen LogP) is 3.20. The van der Waals surface area contributed by atoms with Crippen LogP contribution in [-0.2, 0) is 12.0 Å². The minimum absolute atomic E-state index is 0.228. The van der Waals surface area contributed by atoms with E-state index in [0.717, 1.165) is 0 Å². The molecule has 68 valence electrons. The normalized spacial score (nSPS) is 12.0. The van der Waals surface area contributed by atoms with Gasteiger partial charge in [0.05, 0.1) is 0 Å². The van der Waals surface area contributed by atoms with Gasteiger partial charge in [0.25, 0.3) is 0 Å². The second kappa shape index (κ2) is 3.34. The average molecular weight is 165 g/mol. The van der Waals surface area contributed by atoms with Gasteiger partial charge in [-0.25, -0.2) is 0 Å². The molecule has 1 heterocycles. The maximum atomic E-state index is 2.28. The van der Waals surface area contributed by atoms with Crippen molar-refractivity contribution in [3.05, 3.63) is 24.0 Å². The summed E-state index contributed by atoms with van der Waals surface area (Å²) in [5.41, 5.74) is 1.68. The molecule has 1 heteroatoms. The van der Waals surface area contributed by atoms with Gasteiger partial charge in [-0.1, -0.05) is 13.3 Å². The van der Waals surface area contributed by atoms with Crippen LogP contribution in [0.1, 0.15) is 39.7 Å². The fourth-order valence-corrected chi connectivity index (χ4v) is 1.29. The lowest BCUT2D eigenvalue weighted by atomic mass is 10.1. The van der Waals surface area contributed by atoms with Crippen molar-refractivity contribution in [3.63, 3.8) is 0 Å². The van der Waals surface area contributed by atoms with E-state index in [-0.39, 0.29) is 5.54 Å². The van der Waals surface area contributed by atoms with E-state index < -0.39 is 0 Å². The number of nitrogens with zero attached hydrogens (tertiary/aromatic N) is 1. The van der Waals surface area contributed by atoms with Gasteiger partial charge in [0.1, 0.15) is 0 Å². The molecule has 1 aromatic heterocycles. The molecule has 0 spiro atoms. The number of hydrogen-bond donors (Lipinski definition) is 0. The Labute approximate surface area is 75.4 Å². The van der Waals surface area contributed by atoms with Crippen LogP contribution in [0.5, 0.6) is 0 Å². The molecule has 1 nitrogen and oxygen atoms in total. The van der Waals surface area contributed by atoms with Crippen LogP contribution < -0.4 is 0 Å². The summed E-state index contributed by atoms with van der Waals surface area (Å²) in [7, 11) is 0. The SMILES string of the molecule is CCCc1ccn(C(C)(C)C)c1. The molecule has 0 aliphatic carbocycles. The molecule has 0 aliphatic rings. The van der Waals surface area contributed by atoms with Gasteiger partial charge >= 0.3 is 0 Å². The molecule has 0 N–H and O–H groups in total. The summed E-state index contributed by atoms with van der Waals surface area (Å²) in [4.78, 5) is 0. The summed E-state index contributed by atoms with van der Waals surface area (Å²) in [6, 6.07) is 2.22. The van der Waals surface area contributed by atoms with Crippen LogP contribution in [0.2, 0.25) is 0 Å². The Hall–Kier alpha value is -0.720. The van der Waals surface area contributed by atoms with E-state index in [1.165, 1.54) is 18.4 Å². The van der Waals surface area contributed by atoms with Gasteiger partial charge < -0.3 is 4.57 Å². The topological polar surface area (TPSA) is 4.93 Å². The van der Waals surface area contributed by atoms with Gasteiger partial charge in [-0.05, 0) is 38.8 Å². The first-order valence-electron chi connectivity index (χ1n) is 4.71. The molecule has 0 atom stereocenters. The van der Waals surface area contributed by atoms with Crippen LogP contribution >= 0.6 is 0 Å². The number of aryl methyl sites for hydroxylation is 1. The first-order chi connectivity index (χ1) is 5.54. The van der Waals surface area contributed by atoms with E-state index in [1.807, 2.05) is 0 Å². The van der Waals surface area contributed by atoms with Gasteiger partial charge in [0.2, 0.25) is 0 Å². The highest BCUT2D eigenvalue weighted by Crippen LogP contribution is 2.16. The van der Waals surface area contributed by atoms with Crippen LogP contribution in [0, 0.1) is 0 Å². The van der Waals surface area contributed by atoms with Gasteiger partial charge in [0.15, 0.2) is 0 Å². The molecule has 0 radical (unpaired) electrons. The van der Waals surface area contributed by atoms with Crippen LogP contribution in [-0.4, -0.2) is 4.57 Å². The average Bonchev–Trinajstić information content (AvgIpc) is 2.35. The van der Waals surface area contributed by atoms with Crippen molar-refractivity contribution in [2.75, 3.05) is 0 Å². The summed E-state index contributed by atoms with van der Waals surface area (Å²) < 4.78 is 2.28. The van der Waals surface area contributed by atoms with E-state index in [1.54, 1.807) is 0 Å². The summed E-state index contributed by atoms with van der Waals surface area (Å²) in [5, 5.41) is 0. The number of rotatable bonds is 2. The maximum Gasteiger partial charge on any atom is 0.0355 e. The first-order valence-corrected chi connectivity index (χ1v) is 4.71. The zero-order valence-corrected chi connectivity index (χ0v) is 8.59. The second-order valence-electron chi connectivity index (χ2n) is 4.35. The van der Waals surface area contributed by atoms with Crippen molar-refractivity contribution >= 4 is 0 Å². The summed E-state index contributed by atoms with van der Waals surface area (Å²) in [6.07, 6.45) is 6.85. The number of aromatic nitrogens is 1. The zero-order chi connectivity index (χ0) is 9.19.